The first-order valence-corrected chi connectivity index (χ1v) is 7.23. The van der Waals surface area contributed by atoms with E-state index in [0.29, 0.717) is 13.1 Å². The lowest BCUT2D eigenvalue weighted by atomic mass is 10.3. The van der Waals surface area contributed by atoms with E-state index in [1.165, 1.54) is 5.69 Å². The topological polar surface area (TPSA) is 69.9 Å². The average Bonchev–Trinajstić information content (AvgIpc) is 2.93. The predicted octanol–water partition coefficient (Wildman–Crippen LogP) is -0.737. The Labute approximate surface area is 120 Å². The summed E-state index contributed by atoms with van der Waals surface area (Å²) in [6.07, 6.45) is 1.40. The number of ether oxygens (including phenoxy) is 1. The molecule has 1 unspecified atom stereocenters. The Bertz CT molecular complexity index is 377. The molecule has 1 fully saturated rings. The van der Waals surface area contributed by atoms with E-state index in [9.17, 15) is 5.11 Å². The summed E-state index contributed by atoms with van der Waals surface area (Å²) in [5, 5.41) is 21.2. The highest BCUT2D eigenvalue weighted by Gasteiger charge is 2.10. The fraction of sp³-hybridized carbons (Fsp3) is 0.714. The van der Waals surface area contributed by atoms with Gasteiger partial charge < -0.3 is 24.8 Å². The first-order chi connectivity index (χ1) is 9.79. The molecule has 0 amide bonds. The van der Waals surface area contributed by atoms with Crippen LogP contribution in [0.3, 0.4) is 0 Å². The second-order valence-electron chi connectivity index (χ2n) is 5.11. The third-order valence-corrected chi connectivity index (χ3v) is 3.58. The number of rotatable bonds is 8. The quantitative estimate of drug-likeness (QED) is 0.586. The second kappa shape index (κ2) is 8.39. The van der Waals surface area contributed by atoms with E-state index in [1.54, 1.807) is 0 Å². The zero-order valence-corrected chi connectivity index (χ0v) is 11.9. The third kappa shape index (κ3) is 4.88. The van der Waals surface area contributed by atoms with Crippen LogP contribution in [0.2, 0.25) is 0 Å². The monoisotopic (exact) mass is 283 g/mol. The van der Waals surface area contributed by atoms with Gasteiger partial charge in [0.2, 0.25) is 0 Å². The Kier molecular flexibility index (Phi) is 6.49. The van der Waals surface area contributed by atoms with Crippen molar-refractivity contribution in [1.29, 1.82) is 0 Å². The molecule has 0 radical (unpaired) electrons. The molecule has 2 heterocycles. The van der Waals surface area contributed by atoms with Crippen molar-refractivity contribution >= 4 is 0 Å². The van der Waals surface area contributed by atoms with Crippen LogP contribution in [0.5, 0.6) is 0 Å². The number of aromatic nitrogens is 1. The Hall–Kier alpha value is -0.920. The summed E-state index contributed by atoms with van der Waals surface area (Å²) >= 11 is 0. The van der Waals surface area contributed by atoms with E-state index >= 15 is 0 Å². The van der Waals surface area contributed by atoms with Gasteiger partial charge in [0.05, 0.1) is 25.9 Å². The zero-order valence-electron chi connectivity index (χ0n) is 11.9. The molecule has 6 nitrogen and oxygen atoms in total. The summed E-state index contributed by atoms with van der Waals surface area (Å²) in [5.74, 6) is 0. The minimum absolute atomic E-state index is 0.203. The summed E-state index contributed by atoms with van der Waals surface area (Å²) in [6.45, 7) is 6.59. The molecule has 1 saturated heterocycles. The SMILES string of the molecule is OCC(O)CNCc1cccn1CCN1CCOCC1. The number of nitrogens with one attached hydrogen (secondary N) is 1. The average molecular weight is 283 g/mol. The van der Waals surface area contributed by atoms with Crippen LogP contribution in [0.1, 0.15) is 5.69 Å². The van der Waals surface area contributed by atoms with Crippen LogP contribution in [0.4, 0.5) is 0 Å². The normalized spacial score (nSPS) is 18.3. The van der Waals surface area contributed by atoms with Crippen LogP contribution < -0.4 is 5.32 Å². The molecule has 1 atom stereocenters. The highest BCUT2D eigenvalue weighted by molar-refractivity contribution is 5.07. The van der Waals surface area contributed by atoms with Gasteiger partial charge in [-0.2, -0.15) is 0 Å². The molecule has 2 rings (SSSR count). The number of aliphatic hydroxyl groups is 2. The summed E-state index contributed by atoms with van der Waals surface area (Å²) in [6, 6.07) is 4.12. The molecule has 3 N–H and O–H groups in total. The molecule has 1 aromatic rings. The molecule has 6 heteroatoms. The van der Waals surface area contributed by atoms with Crippen molar-refractivity contribution in [2.45, 2.75) is 19.2 Å². The van der Waals surface area contributed by atoms with Gasteiger partial charge in [0.1, 0.15) is 0 Å². The van der Waals surface area contributed by atoms with Gasteiger partial charge in [0, 0.05) is 51.2 Å². The van der Waals surface area contributed by atoms with E-state index in [1.807, 2.05) is 6.07 Å². The molecule has 20 heavy (non-hydrogen) atoms. The lowest BCUT2D eigenvalue weighted by Crippen LogP contribution is -2.38. The molecule has 0 spiro atoms. The highest BCUT2D eigenvalue weighted by atomic mass is 16.5. The Morgan fingerprint density at radius 1 is 1.30 bits per heavy atom. The lowest BCUT2D eigenvalue weighted by molar-refractivity contribution is 0.0363. The minimum Gasteiger partial charge on any atom is -0.394 e. The number of hydrogen-bond donors (Lipinski definition) is 3. The maximum absolute atomic E-state index is 9.29. The number of nitrogens with zero attached hydrogens (tertiary/aromatic N) is 2. The van der Waals surface area contributed by atoms with Crippen LogP contribution in [-0.2, 0) is 17.8 Å². The maximum Gasteiger partial charge on any atom is 0.0895 e. The summed E-state index contributed by atoms with van der Waals surface area (Å²) < 4.78 is 7.57. The first-order valence-electron chi connectivity index (χ1n) is 7.23. The Balaban J connectivity index is 1.73. The van der Waals surface area contributed by atoms with Crippen LogP contribution in [0, 0.1) is 0 Å². The summed E-state index contributed by atoms with van der Waals surface area (Å²) in [5.41, 5.74) is 1.20. The lowest BCUT2D eigenvalue weighted by Gasteiger charge is -2.27. The molecule has 0 aliphatic carbocycles. The van der Waals surface area contributed by atoms with E-state index in [2.05, 4.69) is 27.0 Å². The van der Waals surface area contributed by atoms with Gasteiger partial charge in [-0.3, -0.25) is 4.90 Å². The van der Waals surface area contributed by atoms with E-state index in [4.69, 9.17) is 9.84 Å². The molecule has 0 aromatic carbocycles. The third-order valence-electron chi connectivity index (χ3n) is 3.58. The van der Waals surface area contributed by atoms with Gasteiger partial charge in [-0.05, 0) is 12.1 Å². The van der Waals surface area contributed by atoms with Gasteiger partial charge in [-0.1, -0.05) is 0 Å². The molecule has 0 saturated carbocycles. The molecule has 1 aliphatic rings. The van der Waals surface area contributed by atoms with Crippen molar-refractivity contribution < 1.29 is 14.9 Å². The smallest absolute Gasteiger partial charge is 0.0895 e. The van der Waals surface area contributed by atoms with Crippen LogP contribution in [-0.4, -0.2) is 71.8 Å². The van der Waals surface area contributed by atoms with E-state index < -0.39 is 6.10 Å². The molecule has 114 valence electrons. The molecule has 1 aromatic heterocycles. The van der Waals surface area contributed by atoms with Crippen molar-refractivity contribution in [3.63, 3.8) is 0 Å². The van der Waals surface area contributed by atoms with Crippen molar-refractivity contribution in [3.05, 3.63) is 24.0 Å². The van der Waals surface area contributed by atoms with Crippen molar-refractivity contribution in [3.8, 4) is 0 Å². The van der Waals surface area contributed by atoms with Crippen LogP contribution in [0.25, 0.3) is 0 Å². The van der Waals surface area contributed by atoms with Crippen LogP contribution in [0.15, 0.2) is 18.3 Å². The van der Waals surface area contributed by atoms with Gasteiger partial charge in [-0.25, -0.2) is 0 Å². The zero-order chi connectivity index (χ0) is 14.2. The van der Waals surface area contributed by atoms with Gasteiger partial charge in [0.15, 0.2) is 0 Å². The fourth-order valence-corrected chi connectivity index (χ4v) is 2.33. The van der Waals surface area contributed by atoms with Crippen molar-refractivity contribution in [1.82, 2.24) is 14.8 Å². The molecule has 0 bridgehead atoms. The Morgan fingerprint density at radius 3 is 2.85 bits per heavy atom. The summed E-state index contributed by atoms with van der Waals surface area (Å²) in [7, 11) is 0. The van der Waals surface area contributed by atoms with Crippen molar-refractivity contribution in [2.75, 3.05) is 46.0 Å². The Morgan fingerprint density at radius 2 is 2.10 bits per heavy atom. The number of aliphatic hydroxyl groups excluding tert-OH is 2. The minimum atomic E-state index is -0.688. The first kappa shape index (κ1) is 15.5. The summed E-state index contributed by atoms with van der Waals surface area (Å²) in [4.78, 5) is 2.41. The number of hydrogen-bond acceptors (Lipinski definition) is 5. The molecular formula is C14H25N3O3. The van der Waals surface area contributed by atoms with Crippen LogP contribution >= 0.6 is 0 Å². The van der Waals surface area contributed by atoms with E-state index in [0.717, 1.165) is 39.4 Å². The van der Waals surface area contributed by atoms with Gasteiger partial charge in [0.25, 0.3) is 0 Å². The largest absolute Gasteiger partial charge is 0.394 e. The molecular weight excluding hydrogens is 258 g/mol. The van der Waals surface area contributed by atoms with Gasteiger partial charge >= 0.3 is 0 Å². The highest BCUT2D eigenvalue weighted by Crippen LogP contribution is 2.04. The molecule has 1 aliphatic heterocycles. The predicted molar refractivity (Wildman–Crippen MR) is 76.5 cm³/mol. The van der Waals surface area contributed by atoms with Gasteiger partial charge in [-0.15, -0.1) is 0 Å². The van der Waals surface area contributed by atoms with E-state index in [-0.39, 0.29) is 6.61 Å². The fourth-order valence-electron chi connectivity index (χ4n) is 2.33. The van der Waals surface area contributed by atoms with Crippen molar-refractivity contribution in [2.24, 2.45) is 0 Å². The standard InChI is InChI=1S/C14H25N3O3/c18-12-14(19)11-15-10-13-2-1-3-17(13)5-4-16-6-8-20-9-7-16/h1-3,14-15,18-19H,4-12H2. The number of morpholine rings is 1. The maximum atomic E-state index is 9.29. The second-order valence-corrected chi connectivity index (χ2v) is 5.11.